The van der Waals surface area contributed by atoms with E-state index in [1.165, 1.54) is 10.8 Å². The molecule has 9 rings (SSSR count). The Kier molecular flexibility index (Phi) is 6.95. The Hall–Kier alpha value is -6.59. The number of anilines is 2. The van der Waals surface area contributed by atoms with Crippen molar-refractivity contribution >= 4 is 49.7 Å². The van der Waals surface area contributed by atoms with E-state index >= 15 is 0 Å². The molecule has 8 aromatic rings. The summed E-state index contributed by atoms with van der Waals surface area (Å²) < 4.78 is 2.31. The van der Waals surface area contributed by atoms with Crippen molar-refractivity contribution in [2.45, 2.75) is 0 Å². The van der Waals surface area contributed by atoms with Gasteiger partial charge in [-0.3, -0.25) is 9.55 Å². The predicted octanol–water partition coefficient (Wildman–Crippen LogP) is 10.7. The van der Waals surface area contributed by atoms with Crippen molar-refractivity contribution in [1.29, 1.82) is 0 Å². The van der Waals surface area contributed by atoms with Gasteiger partial charge < -0.3 is 4.90 Å². The maximum atomic E-state index is 5.20. The molecule has 0 saturated carbocycles. The molecule has 0 spiro atoms. The van der Waals surface area contributed by atoms with Crippen LogP contribution in [0.15, 0.2) is 171 Å². The zero-order valence-electron chi connectivity index (χ0n) is 26.7. The SMILES string of the molecule is C=C1/C=C\C=C/CN(c2cc(-c3ccccc3)ccn2)c2c1ccc1c2ccc2c3ccccc3n(-c3cccc(-c4cccnc4)n3)c12. The Morgan fingerprint density at radius 3 is 2.33 bits per heavy atom. The fourth-order valence-electron chi connectivity index (χ4n) is 7.04. The van der Waals surface area contributed by atoms with Crippen LogP contribution in [0.25, 0.3) is 66.4 Å². The fourth-order valence-corrected chi connectivity index (χ4v) is 7.04. The molecule has 4 aromatic heterocycles. The van der Waals surface area contributed by atoms with Gasteiger partial charge >= 0.3 is 0 Å². The van der Waals surface area contributed by atoms with Gasteiger partial charge in [-0.1, -0.05) is 110 Å². The molecule has 0 unspecified atom stereocenters. The van der Waals surface area contributed by atoms with Crippen LogP contribution in [-0.4, -0.2) is 26.1 Å². The summed E-state index contributed by atoms with van der Waals surface area (Å²) in [5, 5.41) is 4.61. The van der Waals surface area contributed by atoms with Gasteiger partial charge in [-0.2, -0.15) is 0 Å². The Bertz CT molecular complexity index is 2600. The minimum absolute atomic E-state index is 0.644. The molecule has 4 aromatic carbocycles. The highest BCUT2D eigenvalue weighted by molar-refractivity contribution is 6.21. The van der Waals surface area contributed by atoms with Gasteiger partial charge in [0.05, 0.1) is 22.4 Å². The summed E-state index contributed by atoms with van der Waals surface area (Å²) in [6.45, 7) is 5.16. The van der Waals surface area contributed by atoms with Crippen LogP contribution in [0.5, 0.6) is 0 Å². The molecule has 0 saturated heterocycles. The lowest BCUT2D eigenvalue weighted by Gasteiger charge is -2.27. The molecule has 0 atom stereocenters. The quantitative estimate of drug-likeness (QED) is 0.194. The van der Waals surface area contributed by atoms with Crippen molar-refractivity contribution in [3.8, 4) is 28.2 Å². The lowest BCUT2D eigenvalue weighted by molar-refractivity contribution is 1.05. The Balaban J connectivity index is 1.33. The second-order valence-electron chi connectivity index (χ2n) is 12.2. The van der Waals surface area contributed by atoms with E-state index < -0.39 is 0 Å². The molecule has 1 aliphatic heterocycles. The minimum Gasteiger partial charge on any atom is -0.321 e. The van der Waals surface area contributed by atoms with Crippen molar-refractivity contribution in [1.82, 2.24) is 19.5 Å². The molecule has 1 aliphatic rings. The molecule has 5 nitrogen and oxygen atoms in total. The van der Waals surface area contributed by atoms with Crippen molar-refractivity contribution in [2.75, 3.05) is 11.4 Å². The maximum absolute atomic E-state index is 5.20. The van der Waals surface area contributed by atoms with Crippen LogP contribution >= 0.6 is 0 Å². The van der Waals surface area contributed by atoms with Crippen LogP contribution in [0.4, 0.5) is 11.5 Å². The molecule has 0 amide bonds. The Morgan fingerprint density at radius 2 is 1.43 bits per heavy atom. The third-order valence-electron chi connectivity index (χ3n) is 9.30. The molecule has 0 radical (unpaired) electrons. The van der Waals surface area contributed by atoms with E-state index in [9.17, 15) is 0 Å². The standard InChI is InChI=1S/C44H31N5/c1-30-12-4-3-9-27-48(42-28-32(24-26-46-42)31-13-5-2-6-14-31)43-34(30)20-21-38-37(43)23-22-36-35-16-7-8-18-40(35)49(44(36)38)41-19-10-17-39(47-41)33-15-11-25-45-29-33/h2-26,28-29H,1,27H2/b9-3-,12-4-. The van der Waals surface area contributed by atoms with Gasteiger partial charge in [0.25, 0.3) is 0 Å². The maximum Gasteiger partial charge on any atom is 0.138 e. The number of hydrogen-bond donors (Lipinski definition) is 0. The van der Waals surface area contributed by atoms with Crippen molar-refractivity contribution in [3.05, 3.63) is 176 Å². The number of para-hydroxylation sites is 1. The Labute approximate surface area is 284 Å². The largest absolute Gasteiger partial charge is 0.321 e. The molecule has 0 bridgehead atoms. The second kappa shape index (κ2) is 11.9. The number of aromatic nitrogens is 4. The van der Waals surface area contributed by atoms with E-state index in [2.05, 4.69) is 142 Å². The number of rotatable bonds is 4. The topological polar surface area (TPSA) is 46.8 Å². The van der Waals surface area contributed by atoms with Gasteiger partial charge in [-0.15, -0.1) is 0 Å². The average molecular weight is 630 g/mol. The van der Waals surface area contributed by atoms with Crippen LogP contribution in [0, 0.1) is 0 Å². The molecular formula is C44H31N5. The van der Waals surface area contributed by atoms with Crippen LogP contribution < -0.4 is 4.90 Å². The zero-order chi connectivity index (χ0) is 32.7. The summed E-state index contributed by atoms with van der Waals surface area (Å²) in [5.41, 5.74) is 9.44. The van der Waals surface area contributed by atoms with Gasteiger partial charge in [0.2, 0.25) is 0 Å². The molecule has 5 heteroatoms. The lowest BCUT2D eigenvalue weighted by Crippen LogP contribution is -2.20. The number of allylic oxidation sites excluding steroid dienone is 4. The number of nitrogens with zero attached hydrogens (tertiary/aromatic N) is 5. The fraction of sp³-hybridized carbons (Fsp3) is 0.0227. The summed E-state index contributed by atoms with van der Waals surface area (Å²) in [6.07, 6.45) is 14.0. The first-order valence-corrected chi connectivity index (χ1v) is 16.4. The summed E-state index contributed by atoms with van der Waals surface area (Å²) in [7, 11) is 0. The van der Waals surface area contributed by atoms with Crippen molar-refractivity contribution in [2.24, 2.45) is 0 Å². The van der Waals surface area contributed by atoms with Crippen molar-refractivity contribution in [3.63, 3.8) is 0 Å². The first kappa shape index (κ1) is 28.6. The number of pyridine rings is 3. The summed E-state index contributed by atoms with van der Waals surface area (Å²) in [6, 6.07) is 42.5. The summed E-state index contributed by atoms with van der Waals surface area (Å²) >= 11 is 0. The predicted molar refractivity (Wildman–Crippen MR) is 203 cm³/mol. The summed E-state index contributed by atoms with van der Waals surface area (Å²) in [4.78, 5) is 16.8. The third-order valence-corrected chi connectivity index (χ3v) is 9.30. The van der Waals surface area contributed by atoms with E-state index in [1.807, 2.05) is 36.7 Å². The van der Waals surface area contributed by atoms with Gasteiger partial charge in [0, 0.05) is 57.8 Å². The average Bonchev–Trinajstić information content (AvgIpc) is 3.54. The van der Waals surface area contributed by atoms with Gasteiger partial charge in [-0.05, 0) is 59.2 Å². The van der Waals surface area contributed by atoms with E-state index in [0.29, 0.717) is 6.54 Å². The highest BCUT2D eigenvalue weighted by atomic mass is 15.2. The normalized spacial score (nSPS) is 14.4. The number of benzene rings is 4. The van der Waals surface area contributed by atoms with Crippen LogP contribution in [0.3, 0.4) is 0 Å². The molecule has 0 N–H and O–H groups in total. The lowest BCUT2D eigenvalue weighted by atomic mass is 9.96. The monoisotopic (exact) mass is 629 g/mol. The number of fused-ring (bicyclic) bond motifs is 7. The summed E-state index contributed by atoms with van der Waals surface area (Å²) in [5.74, 6) is 1.73. The van der Waals surface area contributed by atoms with E-state index in [-0.39, 0.29) is 0 Å². The van der Waals surface area contributed by atoms with Gasteiger partial charge in [-0.25, -0.2) is 9.97 Å². The molecule has 232 valence electrons. The van der Waals surface area contributed by atoms with Crippen LogP contribution in [-0.2, 0) is 0 Å². The Morgan fingerprint density at radius 1 is 0.612 bits per heavy atom. The second-order valence-corrected chi connectivity index (χ2v) is 12.2. The van der Waals surface area contributed by atoms with Gasteiger partial charge in [0.1, 0.15) is 11.6 Å². The molecular weight excluding hydrogens is 599 g/mol. The van der Waals surface area contributed by atoms with Crippen molar-refractivity contribution < 1.29 is 0 Å². The van der Waals surface area contributed by atoms with Crippen LogP contribution in [0.1, 0.15) is 5.56 Å². The minimum atomic E-state index is 0.644. The molecule has 0 fully saturated rings. The van der Waals surface area contributed by atoms with Gasteiger partial charge in [0.15, 0.2) is 0 Å². The first-order valence-electron chi connectivity index (χ1n) is 16.4. The molecule has 49 heavy (non-hydrogen) atoms. The third kappa shape index (κ3) is 4.91. The van der Waals surface area contributed by atoms with E-state index in [1.54, 1.807) is 6.20 Å². The molecule has 5 heterocycles. The first-order chi connectivity index (χ1) is 24.2. The van der Waals surface area contributed by atoms with E-state index in [4.69, 9.17) is 9.97 Å². The van der Waals surface area contributed by atoms with Crippen LogP contribution in [0.2, 0.25) is 0 Å². The highest BCUT2D eigenvalue weighted by Gasteiger charge is 2.23. The van der Waals surface area contributed by atoms with E-state index in [0.717, 1.165) is 72.6 Å². The zero-order valence-corrected chi connectivity index (χ0v) is 26.7. The number of hydrogen-bond acceptors (Lipinski definition) is 4. The molecule has 0 aliphatic carbocycles. The highest BCUT2D eigenvalue weighted by Crippen LogP contribution is 2.44. The smallest absolute Gasteiger partial charge is 0.138 e.